The molecule has 3 unspecified atom stereocenters. The van der Waals surface area contributed by atoms with E-state index in [0.29, 0.717) is 18.6 Å². The molecule has 3 atom stereocenters. The van der Waals surface area contributed by atoms with Crippen molar-refractivity contribution < 1.29 is 31.6 Å². The van der Waals surface area contributed by atoms with Crippen LogP contribution in [-0.2, 0) is 33.3 Å². The summed E-state index contributed by atoms with van der Waals surface area (Å²) >= 11 is 0. The van der Waals surface area contributed by atoms with E-state index in [1.165, 1.54) is 13.4 Å². The Balaban J connectivity index is 2.19. The predicted molar refractivity (Wildman–Crippen MR) is 81.7 cm³/mol. The number of hydrogen-bond donors (Lipinski definition) is 0. The summed E-state index contributed by atoms with van der Waals surface area (Å²) in [6, 6.07) is 0. The van der Waals surface area contributed by atoms with Crippen LogP contribution in [0, 0.1) is 11.8 Å². The highest BCUT2D eigenvalue weighted by molar-refractivity contribution is 7.85. The summed E-state index contributed by atoms with van der Waals surface area (Å²) in [4.78, 5) is 11.9. The zero-order valence-corrected chi connectivity index (χ0v) is 14.3. The van der Waals surface area contributed by atoms with E-state index in [4.69, 9.17) is 18.4 Å². The van der Waals surface area contributed by atoms with Crippen molar-refractivity contribution in [2.75, 3.05) is 26.6 Å². The number of esters is 1. The Kier molecular flexibility index (Phi) is 5.83. The molecule has 130 valence electrons. The molecule has 7 nitrogen and oxygen atoms in total. The third-order valence-corrected chi connectivity index (χ3v) is 4.41. The number of methoxy groups -OCH3 is 1. The lowest BCUT2D eigenvalue weighted by Crippen LogP contribution is -2.38. The van der Waals surface area contributed by atoms with Gasteiger partial charge in [-0.2, -0.15) is 8.42 Å². The molecule has 0 fully saturated rings. The van der Waals surface area contributed by atoms with Crippen LogP contribution >= 0.6 is 0 Å². The summed E-state index contributed by atoms with van der Waals surface area (Å²) in [5.74, 6) is -0.869. The molecule has 23 heavy (non-hydrogen) atoms. The molecule has 1 aliphatic carbocycles. The minimum absolute atomic E-state index is 0.0657. The first-order chi connectivity index (χ1) is 10.9. The molecule has 0 saturated carbocycles. The first-order valence-corrected chi connectivity index (χ1v) is 9.27. The van der Waals surface area contributed by atoms with Crippen LogP contribution in [0.25, 0.3) is 0 Å². The largest absolute Gasteiger partial charge is 0.471 e. The SMILES string of the molecule is CCCOC1OC=C(C(=O)OC)C2CC=C(COS(C)(=O)=O)C12. The van der Waals surface area contributed by atoms with E-state index in [9.17, 15) is 13.2 Å². The quantitative estimate of drug-likeness (QED) is 0.391. The molecular weight excluding hydrogens is 324 g/mol. The highest BCUT2D eigenvalue weighted by atomic mass is 32.2. The molecule has 1 aliphatic heterocycles. The van der Waals surface area contributed by atoms with E-state index in [0.717, 1.165) is 18.2 Å². The fourth-order valence-electron chi connectivity index (χ4n) is 2.84. The van der Waals surface area contributed by atoms with Gasteiger partial charge in [0.15, 0.2) is 0 Å². The molecule has 0 aromatic carbocycles. The zero-order valence-electron chi connectivity index (χ0n) is 13.5. The monoisotopic (exact) mass is 346 g/mol. The minimum atomic E-state index is -3.55. The number of hydrogen-bond acceptors (Lipinski definition) is 7. The summed E-state index contributed by atoms with van der Waals surface area (Å²) in [6.45, 7) is 2.42. The molecule has 0 radical (unpaired) electrons. The van der Waals surface area contributed by atoms with E-state index >= 15 is 0 Å². The Hall–Kier alpha value is -1.38. The van der Waals surface area contributed by atoms with Crippen LogP contribution in [0.5, 0.6) is 0 Å². The van der Waals surface area contributed by atoms with Gasteiger partial charge in [-0.3, -0.25) is 4.18 Å². The topological polar surface area (TPSA) is 88.1 Å². The fourth-order valence-corrected chi connectivity index (χ4v) is 3.19. The highest BCUT2D eigenvalue weighted by Crippen LogP contribution is 2.43. The van der Waals surface area contributed by atoms with Gasteiger partial charge in [-0.25, -0.2) is 4.79 Å². The predicted octanol–water partition coefficient (Wildman–Crippen LogP) is 1.36. The van der Waals surface area contributed by atoms with Crippen LogP contribution < -0.4 is 0 Å². The fraction of sp³-hybridized carbons (Fsp3) is 0.667. The number of ether oxygens (including phenoxy) is 3. The van der Waals surface area contributed by atoms with Crippen molar-refractivity contribution in [3.05, 3.63) is 23.5 Å². The first kappa shape index (κ1) is 18.0. The lowest BCUT2D eigenvalue weighted by atomic mass is 9.83. The van der Waals surface area contributed by atoms with Crippen molar-refractivity contribution in [2.24, 2.45) is 11.8 Å². The zero-order chi connectivity index (χ0) is 17.0. The molecule has 0 bridgehead atoms. The van der Waals surface area contributed by atoms with E-state index in [2.05, 4.69) is 0 Å². The van der Waals surface area contributed by atoms with E-state index in [1.54, 1.807) is 0 Å². The normalized spacial score (nSPS) is 26.8. The molecule has 0 amide bonds. The standard InChI is InChI=1S/C15H22O7S/c1-4-7-20-15-13-10(8-22-23(3,17)18)5-6-11(13)12(9-21-15)14(16)19-2/h5,9,11,13,15H,4,6-8H2,1-3H3. The van der Waals surface area contributed by atoms with Gasteiger partial charge in [0.1, 0.15) is 0 Å². The lowest BCUT2D eigenvalue weighted by molar-refractivity contribution is -0.155. The Morgan fingerprint density at radius 1 is 1.43 bits per heavy atom. The number of allylic oxidation sites excluding steroid dienone is 1. The molecule has 2 aliphatic rings. The summed E-state index contributed by atoms with van der Waals surface area (Å²) in [5, 5.41) is 0. The average Bonchev–Trinajstić information content (AvgIpc) is 2.93. The van der Waals surface area contributed by atoms with Gasteiger partial charge in [-0.1, -0.05) is 13.0 Å². The molecule has 2 rings (SSSR count). The van der Waals surface area contributed by atoms with Crippen LogP contribution in [0.3, 0.4) is 0 Å². The summed E-state index contributed by atoms with van der Waals surface area (Å²) in [5.41, 5.74) is 1.19. The van der Waals surface area contributed by atoms with Gasteiger partial charge in [-0.15, -0.1) is 0 Å². The molecule has 0 aromatic rings. The summed E-state index contributed by atoms with van der Waals surface area (Å²) < 4.78 is 43.4. The van der Waals surface area contributed by atoms with E-state index < -0.39 is 22.4 Å². The molecule has 0 saturated heterocycles. The third-order valence-electron chi connectivity index (χ3n) is 3.86. The Labute approximate surface area is 136 Å². The molecule has 8 heteroatoms. The average molecular weight is 346 g/mol. The summed E-state index contributed by atoms with van der Waals surface area (Å²) in [6.07, 6.45) is 5.12. The smallest absolute Gasteiger partial charge is 0.337 e. The van der Waals surface area contributed by atoms with Gasteiger partial charge in [0.2, 0.25) is 6.29 Å². The van der Waals surface area contributed by atoms with Crippen molar-refractivity contribution in [1.82, 2.24) is 0 Å². The molecule has 1 heterocycles. The van der Waals surface area contributed by atoms with Crippen molar-refractivity contribution in [1.29, 1.82) is 0 Å². The van der Waals surface area contributed by atoms with Crippen LogP contribution in [0.2, 0.25) is 0 Å². The Morgan fingerprint density at radius 3 is 2.78 bits per heavy atom. The lowest BCUT2D eigenvalue weighted by Gasteiger charge is -2.34. The van der Waals surface area contributed by atoms with Crippen LogP contribution in [0.4, 0.5) is 0 Å². The minimum Gasteiger partial charge on any atom is -0.471 e. The maximum Gasteiger partial charge on any atom is 0.337 e. The van der Waals surface area contributed by atoms with Gasteiger partial charge < -0.3 is 14.2 Å². The van der Waals surface area contributed by atoms with Gasteiger partial charge in [0, 0.05) is 5.92 Å². The number of carbonyl (C=O) groups excluding carboxylic acids is 1. The number of fused-ring (bicyclic) bond motifs is 1. The second-order valence-corrected chi connectivity index (χ2v) is 7.20. The molecule has 0 spiro atoms. The molecule has 0 aromatic heterocycles. The van der Waals surface area contributed by atoms with Gasteiger partial charge >= 0.3 is 5.97 Å². The molecule has 0 N–H and O–H groups in total. The van der Waals surface area contributed by atoms with Crippen LogP contribution in [0.15, 0.2) is 23.5 Å². The van der Waals surface area contributed by atoms with Crippen molar-refractivity contribution in [3.8, 4) is 0 Å². The van der Waals surface area contributed by atoms with Gasteiger partial charge in [-0.05, 0) is 18.4 Å². The highest BCUT2D eigenvalue weighted by Gasteiger charge is 2.44. The summed E-state index contributed by atoms with van der Waals surface area (Å²) in [7, 11) is -2.23. The first-order valence-electron chi connectivity index (χ1n) is 7.46. The van der Waals surface area contributed by atoms with E-state index in [-0.39, 0.29) is 18.4 Å². The van der Waals surface area contributed by atoms with E-state index in [1.807, 2.05) is 13.0 Å². The van der Waals surface area contributed by atoms with Gasteiger partial charge in [0.25, 0.3) is 10.1 Å². The number of rotatable bonds is 7. The van der Waals surface area contributed by atoms with Crippen molar-refractivity contribution in [2.45, 2.75) is 26.1 Å². The van der Waals surface area contributed by atoms with Crippen molar-refractivity contribution in [3.63, 3.8) is 0 Å². The number of carbonyl (C=O) groups is 1. The maximum absolute atomic E-state index is 11.9. The van der Waals surface area contributed by atoms with Crippen molar-refractivity contribution >= 4 is 16.1 Å². The molecular formula is C15H22O7S. The second kappa shape index (κ2) is 7.46. The Morgan fingerprint density at radius 2 is 2.17 bits per heavy atom. The second-order valence-electron chi connectivity index (χ2n) is 5.55. The van der Waals surface area contributed by atoms with Crippen LogP contribution in [-0.4, -0.2) is 47.3 Å². The maximum atomic E-state index is 11.9. The van der Waals surface area contributed by atoms with Crippen LogP contribution in [0.1, 0.15) is 19.8 Å². The third kappa shape index (κ3) is 4.33. The Bertz CT molecular complexity index is 605. The van der Waals surface area contributed by atoms with Gasteiger partial charge in [0.05, 0.1) is 44.3 Å².